The predicted octanol–water partition coefficient (Wildman–Crippen LogP) is 4.00. The molecule has 0 radical (unpaired) electrons. The van der Waals surface area contributed by atoms with Crippen LogP contribution in [0.3, 0.4) is 0 Å². The van der Waals surface area contributed by atoms with Crippen LogP contribution in [0.15, 0.2) is 53.0 Å². The molecule has 0 saturated heterocycles. The van der Waals surface area contributed by atoms with Gasteiger partial charge in [0.1, 0.15) is 5.75 Å². The van der Waals surface area contributed by atoms with Gasteiger partial charge in [-0.1, -0.05) is 40.2 Å². The van der Waals surface area contributed by atoms with Gasteiger partial charge in [0.2, 0.25) is 0 Å². The van der Waals surface area contributed by atoms with Crippen LogP contribution in [0.4, 0.5) is 0 Å². The van der Waals surface area contributed by atoms with E-state index in [1.165, 1.54) is 11.1 Å². The molecule has 0 saturated carbocycles. The third-order valence-corrected chi connectivity index (χ3v) is 3.88. The Kier molecular flexibility index (Phi) is 5.62. The van der Waals surface area contributed by atoms with E-state index in [-0.39, 0.29) is 0 Å². The Morgan fingerprint density at radius 1 is 1.15 bits per heavy atom. The van der Waals surface area contributed by atoms with Crippen molar-refractivity contribution in [2.45, 2.75) is 12.3 Å². The van der Waals surface area contributed by atoms with Crippen LogP contribution >= 0.6 is 15.9 Å². The maximum Gasteiger partial charge on any atom is 0.119 e. The highest BCUT2D eigenvalue weighted by Gasteiger charge is 2.12. The van der Waals surface area contributed by atoms with Crippen LogP contribution in [0, 0.1) is 0 Å². The summed E-state index contributed by atoms with van der Waals surface area (Å²) in [5.74, 6) is 1.37. The van der Waals surface area contributed by atoms with E-state index in [1.807, 2.05) is 19.2 Å². The van der Waals surface area contributed by atoms with Crippen molar-refractivity contribution in [3.63, 3.8) is 0 Å². The maximum absolute atomic E-state index is 5.30. The van der Waals surface area contributed by atoms with Crippen LogP contribution in [0.5, 0.6) is 5.75 Å². The molecule has 0 amide bonds. The molecule has 2 aromatic carbocycles. The second-order valence-corrected chi connectivity index (χ2v) is 5.78. The summed E-state index contributed by atoms with van der Waals surface area (Å²) in [6, 6.07) is 16.8. The topological polar surface area (TPSA) is 21.3 Å². The number of methoxy groups -OCH3 is 1. The van der Waals surface area contributed by atoms with Crippen molar-refractivity contribution in [3.8, 4) is 5.75 Å². The Morgan fingerprint density at radius 2 is 1.95 bits per heavy atom. The molecule has 2 nitrogen and oxygen atoms in total. The van der Waals surface area contributed by atoms with Gasteiger partial charge in [-0.3, -0.25) is 0 Å². The first kappa shape index (κ1) is 15.1. The molecular formula is C17H20BrNO. The molecule has 2 rings (SSSR count). The summed E-state index contributed by atoms with van der Waals surface area (Å²) in [4.78, 5) is 0. The lowest BCUT2D eigenvalue weighted by atomic mass is 9.92. The third-order valence-electron chi connectivity index (χ3n) is 3.39. The van der Waals surface area contributed by atoms with Crippen molar-refractivity contribution in [3.05, 3.63) is 64.1 Å². The van der Waals surface area contributed by atoms with Gasteiger partial charge in [-0.25, -0.2) is 0 Å². The Balaban J connectivity index is 2.20. The zero-order valence-electron chi connectivity index (χ0n) is 11.9. The molecule has 2 aromatic rings. The summed E-state index contributed by atoms with van der Waals surface area (Å²) in [5, 5.41) is 3.29. The highest BCUT2D eigenvalue weighted by atomic mass is 79.9. The van der Waals surface area contributed by atoms with E-state index in [2.05, 4.69) is 57.6 Å². The quantitative estimate of drug-likeness (QED) is 0.862. The lowest BCUT2D eigenvalue weighted by molar-refractivity contribution is 0.414. The number of halogens is 1. The highest BCUT2D eigenvalue weighted by molar-refractivity contribution is 9.10. The third kappa shape index (κ3) is 4.09. The minimum Gasteiger partial charge on any atom is -0.497 e. The predicted molar refractivity (Wildman–Crippen MR) is 87.5 cm³/mol. The lowest BCUT2D eigenvalue weighted by Gasteiger charge is -2.18. The van der Waals surface area contributed by atoms with E-state index in [0.717, 1.165) is 23.2 Å². The number of likely N-dealkylation sites (N-methyl/N-ethyl adjacent to an activating group) is 1. The van der Waals surface area contributed by atoms with E-state index in [0.29, 0.717) is 5.92 Å². The van der Waals surface area contributed by atoms with E-state index < -0.39 is 0 Å². The zero-order valence-corrected chi connectivity index (χ0v) is 13.5. The van der Waals surface area contributed by atoms with Gasteiger partial charge in [0.15, 0.2) is 0 Å². The molecule has 0 heterocycles. The molecule has 1 N–H and O–H groups in total. The molecule has 106 valence electrons. The average Bonchev–Trinajstić information content (AvgIpc) is 2.47. The van der Waals surface area contributed by atoms with Crippen molar-refractivity contribution in [2.75, 3.05) is 20.7 Å². The zero-order chi connectivity index (χ0) is 14.4. The number of hydrogen-bond donors (Lipinski definition) is 1. The van der Waals surface area contributed by atoms with Gasteiger partial charge in [-0.15, -0.1) is 0 Å². The molecule has 1 atom stereocenters. The molecule has 3 heteroatoms. The van der Waals surface area contributed by atoms with Gasteiger partial charge in [0.05, 0.1) is 7.11 Å². The number of hydrogen-bond acceptors (Lipinski definition) is 2. The van der Waals surface area contributed by atoms with Crippen molar-refractivity contribution >= 4 is 15.9 Å². The molecule has 0 aliphatic carbocycles. The smallest absolute Gasteiger partial charge is 0.119 e. The van der Waals surface area contributed by atoms with Gasteiger partial charge in [0, 0.05) is 16.9 Å². The number of benzene rings is 2. The van der Waals surface area contributed by atoms with Crippen molar-refractivity contribution in [1.82, 2.24) is 5.32 Å². The molecule has 0 fully saturated rings. The summed E-state index contributed by atoms with van der Waals surface area (Å²) >= 11 is 3.55. The summed E-state index contributed by atoms with van der Waals surface area (Å²) in [6.07, 6.45) is 0.995. The van der Waals surface area contributed by atoms with Gasteiger partial charge < -0.3 is 10.1 Å². The minimum absolute atomic E-state index is 0.449. The minimum atomic E-state index is 0.449. The summed E-state index contributed by atoms with van der Waals surface area (Å²) in [5.41, 5.74) is 2.64. The van der Waals surface area contributed by atoms with E-state index >= 15 is 0 Å². The summed E-state index contributed by atoms with van der Waals surface area (Å²) in [7, 11) is 3.70. The molecule has 0 bridgehead atoms. The first-order valence-electron chi connectivity index (χ1n) is 6.76. The molecule has 0 aromatic heterocycles. The van der Waals surface area contributed by atoms with Crippen LogP contribution in [0.25, 0.3) is 0 Å². The lowest BCUT2D eigenvalue weighted by Crippen LogP contribution is -2.19. The number of rotatable bonds is 6. The van der Waals surface area contributed by atoms with Gasteiger partial charge in [-0.2, -0.15) is 0 Å². The fourth-order valence-corrected chi connectivity index (χ4v) is 2.82. The van der Waals surface area contributed by atoms with Crippen molar-refractivity contribution in [1.29, 1.82) is 0 Å². The van der Waals surface area contributed by atoms with E-state index in [9.17, 15) is 0 Å². The Hall–Kier alpha value is -1.32. The fraction of sp³-hybridized carbons (Fsp3) is 0.294. The Labute approximate surface area is 129 Å². The monoisotopic (exact) mass is 333 g/mol. The van der Waals surface area contributed by atoms with Crippen molar-refractivity contribution < 1.29 is 4.74 Å². The van der Waals surface area contributed by atoms with Gasteiger partial charge >= 0.3 is 0 Å². The second kappa shape index (κ2) is 7.46. The Morgan fingerprint density at radius 3 is 2.65 bits per heavy atom. The molecule has 0 aliphatic heterocycles. The highest BCUT2D eigenvalue weighted by Crippen LogP contribution is 2.24. The normalized spacial score (nSPS) is 12.2. The fourth-order valence-electron chi connectivity index (χ4n) is 2.40. The largest absolute Gasteiger partial charge is 0.497 e. The molecule has 0 aliphatic rings. The summed E-state index contributed by atoms with van der Waals surface area (Å²) < 4.78 is 6.42. The molecule has 20 heavy (non-hydrogen) atoms. The average molecular weight is 334 g/mol. The first-order valence-corrected chi connectivity index (χ1v) is 7.55. The number of ether oxygens (including phenoxy) is 1. The Bertz CT molecular complexity index is 556. The van der Waals surface area contributed by atoms with E-state index in [4.69, 9.17) is 4.74 Å². The van der Waals surface area contributed by atoms with Crippen LogP contribution in [-0.2, 0) is 6.42 Å². The molecule has 0 spiro atoms. The van der Waals surface area contributed by atoms with E-state index in [1.54, 1.807) is 7.11 Å². The molecule has 1 unspecified atom stereocenters. The van der Waals surface area contributed by atoms with Crippen LogP contribution in [-0.4, -0.2) is 20.7 Å². The van der Waals surface area contributed by atoms with Crippen LogP contribution < -0.4 is 10.1 Å². The first-order chi connectivity index (χ1) is 9.72. The van der Waals surface area contributed by atoms with Crippen LogP contribution in [0.2, 0.25) is 0 Å². The molecular weight excluding hydrogens is 314 g/mol. The van der Waals surface area contributed by atoms with Crippen LogP contribution in [0.1, 0.15) is 17.0 Å². The second-order valence-electron chi connectivity index (χ2n) is 4.87. The standard InChI is InChI=1S/C17H20BrNO/c1-19-12-15(14-6-4-7-16(18)11-14)9-13-5-3-8-17(10-13)20-2/h3-8,10-11,15,19H,9,12H2,1-2H3. The van der Waals surface area contributed by atoms with Crippen molar-refractivity contribution in [2.24, 2.45) is 0 Å². The number of nitrogens with one attached hydrogen (secondary N) is 1. The maximum atomic E-state index is 5.30. The van der Waals surface area contributed by atoms with Gasteiger partial charge in [0.25, 0.3) is 0 Å². The SMILES string of the molecule is CNCC(Cc1cccc(OC)c1)c1cccc(Br)c1. The summed E-state index contributed by atoms with van der Waals surface area (Å²) in [6.45, 7) is 0.952. The van der Waals surface area contributed by atoms with Gasteiger partial charge in [-0.05, 0) is 48.9 Å².